The number of pyridine rings is 1. The minimum atomic E-state index is -0.528. The van der Waals surface area contributed by atoms with Crippen LogP contribution in [-0.4, -0.2) is 60.0 Å². The molecule has 4 N–H and O–H groups in total. The molecule has 1 unspecified atom stereocenters. The van der Waals surface area contributed by atoms with Gasteiger partial charge in [-0.3, -0.25) is 9.78 Å². The van der Waals surface area contributed by atoms with Gasteiger partial charge in [0.15, 0.2) is 6.17 Å². The van der Waals surface area contributed by atoms with Crippen molar-refractivity contribution in [2.24, 2.45) is 4.99 Å². The monoisotopic (exact) mass is 499 g/mol. The Labute approximate surface area is 210 Å². The largest absolute Gasteiger partial charge is 0.370 e. The van der Waals surface area contributed by atoms with Crippen molar-refractivity contribution in [1.82, 2.24) is 25.8 Å². The van der Waals surface area contributed by atoms with Crippen LogP contribution in [0.3, 0.4) is 0 Å². The second-order valence-electron chi connectivity index (χ2n) is 8.84. The van der Waals surface area contributed by atoms with Crippen LogP contribution in [0.15, 0.2) is 53.5 Å². The number of aliphatic imine (C=N–C) groups is 1. The Morgan fingerprint density at radius 2 is 2.06 bits per heavy atom. The molecule has 0 saturated carbocycles. The first kappa shape index (κ1) is 24.9. The first-order valence-electron chi connectivity index (χ1n) is 11.9. The molecule has 2 aliphatic rings. The zero-order valence-corrected chi connectivity index (χ0v) is 20.7. The molecule has 3 heterocycles. The van der Waals surface area contributed by atoms with Gasteiger partial charge in [-0.2, -0.15) is 0 Å². The lowest BCUT2D eigenvalue weighted by Crippen LogP contribution is -2.40. The summed E-state index contributed by atoms with van der Waals surface area (Å²) in [5.74, 6) is -0.279. The van der Waals surface area contributed by atoms with Crippen LogP contribution in [0.25, 0.3) is 0 Å². The summed E-state index contributed by atoms with van der Waals surface area (Å²) in [6.07, 6.45) is 6.67. The van der Waals surface area contributed by atoms with Gasteiger partial charge in [-0.05, 0) is 37.1 Å². The molecule has 2 aromatic rings. The Morgan fingerprint density at radius 3 is 2.83 bits per heavy atom. The Morgan fingerprint density at radius 1 is 1.26 bits per heavy atom. The molecule has 2 aliphatic heterocycles. The van der Waals surface area contributed by atoms with Gasteiger partial charge in [0.25, 0.3) is 5.91 Å². The first-order chi connectivity index (χ1) is 16.9. The normalized spacial score (nSPS) is 17.6. The molecular weight excluding hydrogens is 469 g/mol. The summed E-state index contributed by atoms with van der Waals surface area (Å²) >= 11 is 6.11. The second kappa shape index (κ2) is 11.5. The molecule has 186 valence electrons. The van der Waals surface area contributed by atoms with Gasteiger partial charge in [0, 0.05) is 55.8 Å². The summed E-state index contributed by atoms with van der Waals surface area (Å²) in [6, 6.07) is 6.47. The molecule has 1 atom stereocenters. The van der Waals surface area contributed by atoms with E-state index in [1.807, 2.05) is 6.20 Å². The minimum Gasteiger partial charge on any atom is -0.370 e. The van der Waals surface area contributed by atoms with Gasteiger partial charge in [0.2, 0.25) is 0 Å². The second-order valence-corrected chi connectivity index (χ2v) is 9.28. The van der Waals surface area contributed by atoms with E-state index in [0.717, 1.165) is 31.6 Å². The Balaban J connectivity index is 1.58. The van der Waals surface area contributed by atoms with E-state index in [9.17, 15) is 9.18 Å². The van der Waals surface area contributed by atoms with Crippen LogP contribution in [0.1, 0.15) is 42.6 Å². The summed E-state index contributed by atoms with van der Waals surface area (Å²) in [4.78, 5) is 24.1. The lowest BCUT2D eigenvalue weighted by atomic mass is 10.1. The fourth-order valence-corrected chi connectivity index (χ4v) is 4.28. The van der Waals surface area contributed by atoms with Crippen LogP contribution in [0.4, 0.5) is 10.1 Å². The molecular formula is C25H31ClFN7O. The van der Waals surface area contributed by atoms with Crippen molar-refractivity contribution < 1.29 is 9.18 Å². The van der Waals surface area contributed by atoms with Gasteiger partial charge in [-0.25, -0.2) is 9.38 Å². The van der Waals surface area contributed by atoms with Crippen LogP contribution in [0.2, 0.25) is 5.02 Å². The van der Waals surface area contributed by atoms with E-state index in [1.165, 1.54) is 18.3 Å². The topological polar surface area (TPSA) is 93.7 Å². The smallest absolute Gasteiger partial charge is 0.255 e. The van der Waals surface area contributed by atoms with Crippen molar-refractivity contribution in [3.05, 3.63) is 70.5 Å². The lowest BCUT2D eigenvalue weighted by Gasteiger charge is -2.31. The van der Waals surface area contributed by atoms with Crippen LogP contribution in [0.5, 0.6) is 0 Å². The highest BCUT2D eigenvalue weighted by Gasteiger charge is 2.28. The fraction of sp³-hybridized carbons (Fsp3) is 0.400. The average Bonchev–Trinajstić information content (AvgIpc) is 3.38. The average molecular weight is 500 g/mol. The van der Waals surface area contributed by atoms with Crippen LogP contribution in [-0.2, 0) is 0 Å². The van der Waals surface area contributed by atoms with Crippen molar-refractivity contribution in [2.45, 2.75) is 38.9 Å². The SMILES string of the molecule is CC(C)NCCNC(=O)c1cnccc1NC1N=C(c2cc(Cl)ccc2F)NC=C1N1CCCC1. The number of nitrogens with zero attached hydrogens (tertiary/aromatic N) is 3. The molecule has 35 heavy (non-hydrogen) atoms. The highest BCUT2D eigenvalue weighted by atomic mass is 35.5. The number of rotatable bonds is 9. The maximum absolute atomic E-state index is 14.6. The lowest BCUT2D eigenvalue weighted by molar-refractivity contribution is 0.0954. The molecule has 8 nitrogen and oxygen atoms in total. The highest BCUT2D eigenvalue weighted by Crippen LogP contribution is 2.26. The number of halogens is 2. The van der Waals surface area contributed by atoms with E-state index < -0.39 is 12.0 Å². The molecule has 1 saturated heterocycles. The number of amidine groups is 1. The molecule has 4 rings (SSSR count). The standard InChI is InChI=1S/C25H31ClFN7O/c1-16(2)29-9-10-30-25(35)19-14-28-8-7-21(19)32-24-22(34-11-3-4-12-34)15-31-23(33-24)18-13-17(26)5-6-20(18)27/h5-8,13-16,24,29H,3-4,9-12H2,1-2H3,(H,28,32)(H,30,35)(H,31,33). The number of hydrogen-bond acceptors (Lipinski definition) is 7. The van der Waals surface area contributed by atoms with Crippen LogP contribution >= 0.6 is 11.6 Å². The number of carbonyl (C=O) groups excluding carboxylic acids is 1. The summed E-state index contributed by atoms with van der Waals surface area (Å²) in [7, 11) is 0. The van der Waals surface area contributed by atoms with E-state index in [4.69, 9.17) is 16.6 Å². The van der Waals surface area contributed by atoms with E-state index in [1.54, 1.807) is 18.3 Å². The van der Waals surface area contributed by atoms with Gasteiger partial charge in [-0.1, -0.05) is 25.4 Å². The van der Waals surface area contributed by atoms with Gasteiger partial charge in [0.1, 0.15) is 11.7 Å². The Bertz CT molecular complexity index is 1110. The number of anilines is 1. The number of carbonyl (C=O) groups is 1. The van der Waals surface area contributed by atoms with E-state index in [2.05, 4.69) is 45.0 Å². The minimum absolute atomic E-state index is 0.225. The predicted octanol–water partition coefficient (Wildman–Crippen LogP) is 3.33. The maximum atomic E-state index is 14.6. The molecule has 0 bridgehead atoms. The molecule has 1 fully saturated rings. The summed E-state index contributed by atoms with van der Waals surface area (Å²) in [5.41, 5.74) is 2.23. The van der Waals surface area contributed by atoms with Crippen LogP contribution in [0, 0.1) is 5.82 Å². The third-order valence-electron chi connectivity index (χ3n) is 5.87. The van der Waals surface area contributed by atoms with Crippen molar-refractivity contribution in [3.63, 3.8) is 0 Å². The molecule has 0 radical (unpaired) electrons. The van der Waals surface area contributed by atoms with Crippen molar-refractivity contribution in [3.8, 4) is 0 Å². The van der Waals surface area contributed by atoms with Gasteiger partial charge in [0.05, 0.1) is 22.5 Å². The van der Waals surface area contributed by atoms with E-state index >= 15 is 0 Å². The number of hydrogen-bond donors (Lipinski definition) is 4. The number of nitrogens with one attached hydrogen (secondary N) is 4. The third kappa shape index (κ3) is 6.29. The number of likely N-dealkylation sites (tertiary alicyclic amines) is 1. The summed E-state index contributed by atoms with van der Waals surface area (Å²) in [5, 5.41) is 13.2. The zero-order chi connectivity index (χ0) is 24.8. The molecule has 1 aromatic heterocycles. The summed E-state index contributed by atoms with van der Waals surface area (Å²) < 4.78 is 14.6. The van der Waals surface area contributed by atoms with Gasteiger partial charge < -0.3 is 26.2 Å². The first-order valence-corrected chi connectivity index (χ1v) is 12.3. The number of aromatic nitrogens is 1. The van der Waals surface area contributed by atoms with Crippen molar-refractivity contribution in [1.29, 1.82) is 0 Å². The quantitative estimate of drug-likeness (QED) is 0.395. The Hall–Kier alpha value is -3.17. The number of benzene rings is 1. The van der Waals surface area contributed by atoms with E-state index in [0.29, 0.717) is 41.2 Å². The third-order valence-corrected chi connectivity index (χ3v) is 6.11. The molecule has 10 heteroatoms. The zero-order valence-electron chi connectivity index (χ0n) is 19.9. The molecule has 1 aromatic carbocycles. The van der Waals surface area contributed by atoms with Gasteiger partial charge in [-0.15, -0.1) is 0 Å². The Kier molecular flexibility index (Phi) is 8.20. The molecule has 0 spiro atoms. The number of amides is 1. The summed E-state index contributed by atoms with van der Waals surface area (Å²) in [6.45, 7) is 7.09. The van der Waals surface area contributed by atoms with Gasteiger partial charge >= 0.3 is 0 Å². The molecule has 0 aliphatic carbocycles. The van der Waals surface area contributed by atoms with Crippen LogP contribution < -0.4 is 21.3 Å². The molecule has 1 amide bonds. The van der Waals surface area contributed by atoms with Crippen molar-refractivity contribution in [2.75, 3.05) is 31.5 Å². The maximum Gasteiger partial charge on any atom is 0.255 e. The van der Waals surface area contributed by atoms with E-state index in [-0.39, 0.29) is 11.5 Å². The fourth-order valence-electron chi connectivity index (χ4n) is 4.11. The van der Waals surface area contributed by atoms with Crippen molar-refractivity contribution >= 4 is 29.0 Å². The predicted molar refractivity (Wildman–Crippen MR) is 137 cm³/mol. The highest BCUT2D eigenvalue weighted by molar-refractivity contribution is 6.31.